The summed E-state index contributed by atoms with van der Waals surface area (Å²) in [5.74, 6) is 0.425. The van der Waals surface area contributed by atoms with Crippen molar-refractivity contribution in [3.8, 4) is 0 Å². The minimum Gasteiger partial charge on any atom is -0.367 e. The van der Waals surface area contributed by atoms with Crippen LogP contribution in [0.15, 0.2) is 0 Å². The Morgan fingerprint density at radius 1 is 0.762 bits per heavy atom. The molecule has 0 fully saturated rings. The molecule has 0 spiro atoms. The maximum Gasteiger partial charge on any atom is 0.240 e. The monoisotopic (exact) mass is 295 g/mol. The lowest BCUT2D eigenvalue weighted by atomic mass is 10.0. The van der Waals surface area contributed by atoms with Crippen LogP contribution in [0.2, 0.25) is 0 Å². The van der Waals surface area contributed by atoms with E-state index in [9.17, 15) is 0 Å². The van der Waals surface area contributed by atoms with Crippen molar-refractivity contribution in [3.63, 3.8) is 0 Å². The highest BCUT2D eigenvalue weighted by Crippen LogP contribution is 2.12. The third-order valence-corrected chi connectivity index (χ3v) is 4.03. The van der Waals surface area contributed by atoms with Gasteiger partial charge in [-0.3, -0.25) is 0 Å². The summed E-state index contributed by atoms with van der Waals surface area (Å²) in [5.41, 5.74) is 5.61. The van der Waals surface area contributed by atoms with Crippen molar-refractivity contribution in [1.29, 1.82) is 0 Å². The Labute approximate surface area is 129 Å². The van der Waals surface area contributed by atoms with E-state index < -0.39 is 0 Å². The summed E-state index contributed by atoms with van der Waals surface area (Å²) >= 11 is 0. The van der Waals surface area contributed by atoms with Crippen molar-refractivity contribution in [3.05, 3.63) is 0 Å². The first-order valence-electron chi connectivity index (χ1n) is 8.86. The van der Waals surface area contributed by atoms with E-state index in [4.69, 9.17) is 5.73 Å². The Bertz CT molecular complexity index is 337. The van der Waals surface area contributed by atoms with Crippen molar-refractivity contribution in [1.82, 2.24) is 20.2 Å². The third-order valence-electron chi connectivity index (χ3n) is 4.03. The number of hydrogen-bond donors (Lipinski definition) is 1. The van der Waals surface area contributed by atoms with E-state index in [0.29, 0.717) is 5.95 Å². The van der Waals surface area contributed by atoms with Crippen LogP contribution in [0.1, 0.15) is 90.4 Å². The van der Waals surface area contributed by atoms with Gasteiger partial charge in [0.25, 0.3) is 0 Å². The molecule has 122 valence electrons. The quantitative estimate of drug-likeness (QED) is 0.518. The molecule has 21 heavy (non-hydrogen) atoms. The molecule has 1 aromatic heterocycles. The van der Waals surface area contributed by atoms with Gasteiger partial charge in [0, 0.05) is 6.54 Å². The first-order chi connectivity index (χ1) is 10.3. The van der Waals surface area contributed by atoms with Gasteiger partial charge < -0.3 is 5.73 Å². The SMILES string of the molecule is CCCCCCCCCCCCCCCn1nnnc1N. The van der Waals surface area contributed by atoms with E-state index in [1.807, 2.05) is 0 Å². The van der Waals surface area contributed by atoms with Gasteiger partial charge in [-0.2, -0.15) is 0 Å². The Kier molecular flexibility index (Phi) is 10.8. The van der Waals surface area contributed by atoms with Gasteiger partial charge in [-0.25, -0.2) is 4.68 Å². The summed E-state index contributed by atoms with van der Waals surface area (Å²) < 4.78 is 1.68. The number of nitrogen functional groups attached to an aromatic ring is 1. The maximum absolute atomic E-state index is 5.61. The Balaban J connectivity index is 1.76. The molecule has 0 atom stereocenters. The van der Waals surface area contributed by atoms with Crippen molar-refractivity contribution in [2.75, 3.05) is 5.73 Å². The van der Waals surface area contributed by atoms with Crippen LogP contribution in [-0.4, -0.2) is 20.2 Å². The molecular formula is C16H33N5. The number of aromatic nitrogens is 4. The zero-order chi connectivity index (χ0) is 15.2. The van der Waals surface area contributed by atoms with Crippen molar-refractivity contribution in [2.45, 2.75) is 96.9 Å². The van der Waals surface area contributed by atoms with E-state index in [1.165, 1.54) is 77.0 Å². The second-order valence-electron chi connectivity index (χ2n) is 6.00. The molecule has 0 bridgehead atoms. The van der Waals surface area contributed by atoms with Gasteiger partial charge in [0.05, 0.1) is 0 Å². The van der Waals surface area contributed by atoms with Crippen molar-refractivity contribution >= 4 is 5.95 Å². The fourth-order valence-corrected chi connectivity index (χ4v) is 2.65. The largest absolute Gasteiger partial charge is 0.367 e. The average molecular weight is 295 g/mol. The van der Waals surface area contributed by atoms with Gasteiger partial charge in [-0.05, 0) is 16.8 Å². The van der Waals surface area contributed by atoms with E-state index in [1.54, 1.807) is 4.68 Å². The molecule has 0 aliphatic rings. The van der Waals surface area contributed by atoms with E-state index in [-0.39, 0.29) is 0 Å². The number of rotatable bonds is 14. The zero-order valence-corrected chi connectivity index (χ0v) is 13.8. The van der Waals surface area contributed by atoms with Crippen LogP contribution in [-0.2, 0) is 6.54 Å². The molecule has 0 saturated carbocycles. The second-order valence-corrected chi connectivity index (χ2v) is 6.00. The number of anilines is 1. The summed E-state index contributed by atoms with van der Waals surface area (Å²) in [7, 11) is 0. The lowest BCUT2D eigenvalue weighted by molar-refractivity contribution is 0.507. The van der Waals surface area contributed by atoms with Gasteiger partial charge in [0.1, 0.15) is 0 Å². The van der Waals surface area contributed by atoms with Crippen molar-refractivity contribution in [2.24, 2.45) is 0 Å². The van der Waals surface area contributed by atoms with Crippen LogP contribution in [0.3, 0.4) is 0 Å². The van der Waals surface area contributed by atoms with Gasteiger partial charge in [0.2, 0.25) is 5.95 Å². The molecule has 0 aliphatic carbocycles. The highest BCUT2D eigenvalue weighted by atomic mass is 15.6. The smallest absolute Gasteiger partial charge is 0.240 e. The fourth-order valence-electron chi connectivity index (χ4n) is 2.65. The highest BCUT2D eigenvalue weighted by molar-refractivity contribution is 5.09. The highest BCUT2D eigenvalue weighted by Gasteiger charge is 1.99. The summed E-state index contributed by atoms with van der Waals surface area (Å²) in [6.07, 6.45) is 17.8. The molecule has 0 radical (unpaired) electrons. The van der Waals surface area contributed by atoms with E-state index in [0.717, 1.165) is 13.0 Å². The lowest BCUT2D eigenvalue weighted by Gasteiger charge is -2.03. The Morgan fingerprint density at radius 2 is 1.24 bits per heavy atom. The molecule has 0 aliphatic heterocycles. The molecule has 1 heterocycles. The molecule has 0 aromatic carbocycles. The molecule has 2 N–H and O–H groups in total. The molecule has 5 nitrogen and oxygen atoms in total. The summed E-state index contributed by atoms with van der Waals surface area (Å²) in [6.45, 7) is 3.12. The second kappa shape index (κ2) is 12.6. The van der Waals surface area contributed by atoms with Crippen LogP contribution in [0, 0.1) is 0 Å². The third kappa shape index (κ3) is 9.43. The summed E-state index contributed by atoms with van der Waals surface area (Å²) in [5, 5.41) is 11.1. The molecule has 0 unspecified atom stereocenters. The predicted molar refractivity (Wildman–Crippen MR) is 87.9 cm³/mol. The standard InChI is InChI=1S/C16H33N5/c1-2-3-4-5-6-7-8-9-10-11-12-13-14-15-21-16(17)18-19-20-21/h2-15H2,1H3,(H2,17,18,20). The number of unbranched alkanes of at least 4 members (excludes halogenated alkanes) is 12. The topological polar surface area (TPSA) is 69.6 Å². The molecule has 5 heteroatoms. The number of nitrogens with zero attached hydrogens (tertiary/aromatic N) is 4. The molecular weight excluding hydrogens is 262 g/mol. The molecule has 0 amide bonds. The Morgan fingerprint density at radius 3 is 1.67 bits per heavy atom. The van der Waals surface area contributed by atoms with Crippen LogP contribution in [0.5, 0.6) is 0 Å². The number of nitrogens with two attached hydrogens (primary N) is 1. The Hall–Kier alpha value is -1.13. The number of tetrazole rings is 1. The van der Waals surface area contributed by atoms with Gasteiger partial charge >= 0.3 is 0 Å². The van der Waals surface area contributed by atoms with Crippen LogP contribution in [0.25, 0.3) is 0 Å². The molecule has 0 saturated heterocycles. The van der Waals surface area contributed by atoms with Crippen LogP contribution in [0.4, 0.5) is 5.95 Å². The van der Waals surface area contributed by atoms with Gasteiger partial charge in [-0.1, -0.05) is 89.1 Å². The van der Waals surface area contributed by atoms with Crippen molar-refractivity contribution < 1.29 is 0 Å². The van der Waals surface area contributed by atoms with E-state index in [2.05, 4.69) is 22.4 Å². The number of hydrogen-bond acceptors (Lipinski definition) is 4. The normalized spacial score (nSPS) is 11.1. The van der Waals surface area contributed by atoms with E-state index >= 15 is 0 Å². The minimum atomic E-state index is 0.425. The number of aryl methyl sites for hydroxylation is 1. The first-order valence-corrected chi connectivity index (χ1v) is 8.86. The zero-order valence-electron chi connectivity index (χ0n) is 13.8. The molecule has 1 aromatic rings. The lowest BCUT2D eigenvalue weighted by Crippen LogP contribution is -2.05. The molecule has 1 rings (SSSR count). The maximum atomic E-state index is 5.61. The summed E-state index contributed by atoms with van der Waals surface area (Å²) in [4.78, 5) is 0. The summed E-state index contributed by atoms with van der Waals surface area (Å²) in [6, 6.07) is 0. The van der Waals surface area contributed by atoms with Gasteiger partial charge in [-0.15, -0.1) is 0 Å². The predicted octanol–water partition coefficient (Wildman–Crippen LogP) is 4.35. The minimum absolute atomic E-state index is 0.425. The van der Waals surface area contributed by atoms with Crippen LogP contribution < -0.4 is 5.73 Å². The average Bonchev–Trinajstić information content (AvgIpc) is 2.89. The van der Waals surface area contributed by atoms with Crippen LogP contribution >= 0.6 is 0 Å². The van der Waals surface area contributed by atoms with Gasteiger partial charge in [0.15, 0.2) is 0 Å². The first kappa shape index (κ1) is 17.9. The fraction of sp³-hybridized carbons (Fsp3) is 0.938.